The number of nitrogens with zero attached hydrogens (tertiary/aromatic N) is 1. The van der Waals surface area contributed by atoms with Crippen LogP contribution in [0.5, 0.6) is 0 Å². The van der Waals surface area contributed by atoms with Gasteiger partial charge in [-0.05, 0) is 24.3 Å². The molecule has 0 radical (unpaired) electrons. The molecule has 3 N–H and O–H groups in total. The lowest BCUT2D eigenvalue weighted by Gasteiger charge is -2.03. The highest BCUT2D eigenvalue weighted by molar-refractivity contribution is 9.10. The van der Waals surface area contributed by atoms with E-state index in [1.165, 1.54) is 0 Å². The molecule has 0 aliphatic carbocycles. The van der Waals surface area contributed by atoms with Gasteiger partial charge in [-0.25, -0.2) is 0 Å². The SMILES string of the molecule is N/C(=N\Nc1ccc(Br)cc1)c1ccccc1. The summed E-state index contributed by atoms with van der Waals surface area (Å²) in [5.74, 6) is 0.466. The fourth-order valence-electron chi connectivity index (χ4n) is 1.32. The molecule has 0 aliphatic rings. The molecule has 86 valence electrons. The summed E-state index contributed by atoms with van der Waals surface area (Å²) in [5.41, 5.74) is 10.6. The van der Waals surface area contributed by atoms with Crippen molar-refractivity contribution in [2.75, 3.05) is 5.43 Å². The second-order valence-corrected chi connectivity index (χ2v) is 4.40. The molecule has 2 aromatic carbocycles. The van der Waals surface area contributed by atoms with Crippen molar-refractivity contribution in [1.82, 2.24) is 0 Å². The summed E-state index contributed by atoms with van der Waals surface area (Å²) in [7, 11) is 0. The standard InChI is InChI=1S/C13H12BrN3/c14-11-6-8-12(9-7-11)16-17-13(15)10-4-2-1-3-5-10/h1-9,16H,(H2,15,17). The first kappa shape index (κ1) is 11.7. The Bertz CT molecular complexity index is 506. The van der Waals surface area contributed by atoms with Crippen molar-refractivity contribution in [3.05, 3.63) is 64.6 Å². The molecule has 0 aromatic heterocycles. The lowest BCUT2D eigenvalue weighted by Crippen LogP contribution is -2.15. The van der Waals surface area contributed by atoms with Gasteiger partial charge >= 0.3 is 0 Å². The maximum atomic E-state index is 5.85. The first-order valence-electron chi connectivity index (χ1n) is 5.16. The molecule has 0 spiro atoms. The monoisotopic (exact) mass is 289 g/mol. The minimum atomic E-state index is 0.466. The van der Waals surface area contributed by atoms with Crippen LogP contribution in [0.25, 0.3) is 0 Å². The zero-order valence-electron chi connectivity index (χ0n) is 9.10. The average Bonchev–Trinajstić information content (AvgIpc) is 2.39. The summed E-state index contributed by atoms with van der Waals surface area (Å²) >= 11 is 3.37. The normalized spacial score (nSPS) is 11.2. The van der Waals surface area contributed by atoms with Crippen LogP contribution in [0.3, 0.4) is 0 Å². The predicted molar refractivity (Wildman–Crippen MR) is 74.9 cm³/mol. The molecule has 0 bridgehead atoms. The minimum Gasteiger partial charge on any atom is -0.382 e. The van der Waals surface area contributed by atoms with E-state index in [2.05, 4.69) is 26.5 Å². The number of rotatable bonds is 3. The summed E-state index contributed by atoms with van der Waals surface area (Å²) in [6.45, 7) is 0. The highest BCUT2D eigenvalue weighted by Crippen LogP contribution is 2.14. The summed E-state index contributed by atoms with van der Waals surface area (Å²) in [6, 6.07) is 17.4. The predicted octanol–water partition coefficient (Wildman–Crippen LogP) is 3.18. The lowest BCUT2D eigenvalue weighted by molar-refractivity contribution is 1.31. The number of benzene rings is 2. The highest BCUT2D eigenvalue weighted by Gasteiger charge is 1.96. The van der Waals surface area contributed by atoms with Gasteiger partial charge in [0.25, 0.3) is 0 Å². The van der Waals surface area contributed by atoms with Gasteiger partial charge in [0, 0.05) is 10.0 Å². The highest BCUT2D eigenvalue weighted by atomic mass is 79.9. The molecule has 0 heterocycles. The smallest absolute Gasteiger partial charge is 0.150 e. The maximum absolute atomic E-state index is 5.85. The lowest BCUT2D eigenvalue weighted by atomic mass is 10.2. The molecule has 0 saturated carbocycles. The van der Waals surface area contributed by atoms with Gasteiger partial charge in [0.2, 0.25) is 0 Å². The molecule has 0 fully saturated rings. The molecule has 0 atom stereocenters. The van der Waals surface area contributed by atoms with Crippen LogP contribution in [0.1, 0.15) is 5.56 Å². The van der Waals surface area contributed by atoms with Gasteiger partial charge in [0.1, 0.15) is 0 Å². The van der Waals surface area contributed by atoms with Crippen molar-refractivity contribution in [2.24, 2.45) is 10.8 Å². The summed E-state index contributed by atoms with van der Waals surface area (Å²) in [6.07, 6.45) is 0. The largest absolute Gasteiger partial charge is 0.382 e. The van der Waals surface area contributed by atoms with Crippen molar-refractivity contribution < 1.29 is 0 Å². The quantitative estimate of drug-likeness (QED) is 0.518. The topological polar surface area (TPSA) is 50.4 Å². The summed E-state index contributed by atoms with van der Waals surface area (Å²) in [4.78, 5) is 0. The molecular weight excluding hydrogens is 278 g/mol. The van der Waals surface area contributed by atoms with E-state index < -0.39 is 0 Å². The van der Waals surface area contributed by atoms with Gasteiger partial charge in [0.15, 0.2) is 5.84 Å². The Morgan fingerprint density at radius 1 is 1.00 bits per heavy atom. The van der Waals surface area contributed by atoms with Crippen LogP contribution < -0.4 is 11.2 Å². The molecular formula is C13H12BrN3. The first-order valence-corrected chi connectivity index (χ1v) is 5.95. The Kier molecular flexibility index (Phi) is 3.77. The number of halogens is 1. The van der Waals surface area contributed by atoms with Crippen molar-refractivity contribution in [1.29, 1.82) is 0 Å². The van der Waals surface area contributed by atoms with E-state index in [-0.39, 0.29) is 0 Å². The van der Waals surface area contributed by atoms with Gasteiger partial charge < -0.3 is 5.73 Å². The zero-order valence-corrected chi connectivity index (χ0v) is 10.7. The van der Waals surface area contributed by atoms with Crippen LogP contribution in [0, 0.1) is 0 Å². The molecule has 4 heteroatoms. The second kappa shape index (κ2) is 5.50. The Morgan fingerprint density at radius 2 is 1.65 bits per heavy atom. The summed E-state index contributed by atoms with van der Waals surface area (Å²) < 4.78 is 1.03. The van der Waals surface area contributed by atoms with Crippen molar-refractivity contribution in [2.45, 2.75) is 0 Å². The van der Waals surface area contributed by atoms with E-state index in [9.17, 15) is 0 Å². The molecule has 2 rings (SSSR count). The Balaban J connectivity index is 2.08. The Hall–Kier alpha value is -1.81. The first-order chi connectivity index (χ1) is 8.25. The van der Waals surface area contributed by atoms with E-state index in [1.807, 2.05) is 54.6 Å². The molecule has 2 aromatic rings. The van der Waals surface area contributed by atoms with Crippen LogP contribution in [0.15, 0.2) is 64.2 Å². The molecule has 0 saturated heterocycles. The van der Waals surface area contributed by atoms with Gasteiger partial charge in [-0.15, -0.1) is 0 Å². The summed E-state index contributed by atoms with van der Waals surface area (Å²) in [5, 5.41) is 4.12. The van der Waals surface area contributed by atoms with Gasteiger partial charge in [0.05, 0.1) is 5.69 Å². The molecule has 0 amide bonds. The molecule has 0 unspecified atom stereocenters. The van der Waals surface area contributed by atoms with Crippen LogP contribution in [0.2, 0.25) is 0 Å². The third-order valence-electron chi connectivity index (χ3n) is 2.22. The van der Waals surface area contributed by atoms with E-state index in [0.29, 0.717) is 5.84 Å². The number of hydrogen-bond donors (Lipinski definition) is 2. The minimum absolute atomic E-state index is 0.466. The van der Waals surface area contributed by atoms with Crippen molar-refractivity contribution in [3.63, 3.8) is 0 Å². The third kappa shape index (κ3) is 3.32. The van der Waals surface area contributed by atoms with Crippen LogP contribution >= 0.6 is 15.9 Å². The van der Waals surface area contributed by atoms with Gasteiger partial charge in [-0.1, -0.05) is 46.3 Å². The molecule has 17 heavy (non-hydrogen) atoms. The number of hydrazone groups is 1. The number of amidine groups is 1. The van der Waals surface area contributed by atoms with Gasteiger partial charge in [-0.2, -0.15) is 5.10 Å². The Morgan fingerprint density at radius 3 is 2.29 bits per heavy atom. The van der Waals surface area contributed by atoms with Crippen LogP contribution in [-0.4, -0.2) is 5.84 Å². The fourth-order valence-corrected chi connectivity index (χ4v) is 1.59. The van der Waals surface area contributed by atoms with Crippen LogP contribution in [-0.2, 0) is 0 Å². The van der Waals surface area contributed by atoms with E-state index >= 15 is 0 Å². The fraction of sp³-hybridized carbons (Fsp3) is 0. The number of nitrogens with one attached hydrogen (secondary N) is 1. The molecule has 3 nitrogen and oxygen atoms in total. The van der Waals surface area contributed by atoms with Crippen molar-refractivity contribution >= 4 is 27.5 Å². The number of nitrogens with two attached hydrogens (primary N) is 1. The number of hydrogen-bond acceptors (Lipinski definition) is 2. The van der Waals surface area contributed by atoms with E-state index in [4.69, 9.17) is 5.73 Å². The van der Waals surface area contributed by atoms with Crippen LogP contribution in [0.4, 0.5) is 5.69 Å². The Labute approximate surface area is 108 Å². The van der Waals surface area contributed by atoms with E-state index in [0.717, 1.165) is 15.7 Å². The zero-order chi connectivity index (χ0) is 12.1. The number of anilines is 1. The molecule has 0 aliphatic heterocycles. The average molecular weight is 290 g/mol. The third-order valence-corrected chi connectivity index (χ3v) is 2.75. The maximum Gasteiger partial charge on any atom is 0.150 e. The second-order valence-electron chi connectivity index (χ2n) is 3.48. The van der Waals surface area contributed by atoms with E-state index in [1.54, 1.807) is 0 Å². The van der Waals surface area contributed by atoms with Gasteiger partial charge in [-0.3, -0.25) is 5.43 Å². The van der Waals surface area contributed by atoms with Crippen molar-refractivity contribution in [3.8, 4) is 0 Å².